The molecule has 2 heterocycles. The summed E-state index contributed by atoms with van der Waals surface area (Å²) in [6.07, 6.45) is 5.58. The summed E-state index contributed by atoms with van der Waals surface area (Å²) in [6, 6.07) is 1.98. The van der Waals surface area contributed by atoms with Crippen LogP contribution >= 0.6 is 0 Å². The lowest BCUT2D eigenvalue weighted by molar-refractivity contribution is -0.127. The van der Waals surface area contributed by atoms with Gasteiger partial charge in [-0.05, 0) is 31.9 Å². The van der Waals surface area contributed by atoms with Gasteiger partial charge in [0.2, 0.25) is 5.91 Å². The molecule has 5 nitrogen and oxygen atoms in total. The number of hydrogen-bond acceptors (Lipinski definition) is 3. The van der Waals surface area contributed by atoms with Gasteiger partial charge in [0.05, 0.1) is 11.2 Å². The van der Waals surface area contributed by atoms with E-state index in [9.17, 15) is 4.79 Å². The highest BCUT2D eigenvalue weighted by molar-refractivity contribution is 5.86. The Hall–Kier alpha value is -1.36. The van der Waals surface area contributed by atoms with Crippen molar-refractivity contribution in [1.82, 2.24) is 20.4 Å². The molecular weight excluding hydrogens is 228 g/mol. The van der Waals surface area contributed by atoms with Gasteiger partial charge in [-0.2, -0.15) is 5.10 Å². The zero-order valence-corrected chi connectivity index (χ0v) is 11.2. The third kappa shape index (κ3) is 2.72. The first-order valence-corrected chi connectivity index (χ1v) is 6.68. The molecule has 1 saturated heterocycles. The zero-order valence-electron chi connectivity index (χ0n) is 11.2. The fourth-order valence-electron chi connectivity index (χ4n) is 2.53. The molecule has 1 aromatic heterocycles. The van der Waals surface area contributed by atoms with Crippen LogP contribution in [-0.4, -0.2) is 34.3 Å². The monoisotopic (exact) mass is 250 g/mol. The summed E-state index contributed by atoms with van der Waals surface area (Å²) < 4.78 is 1.78. The maximum Gasteiger partial charge on any atom is 0.240 e. The van der Waals surface area contributed by atoms with Crippen LogP contribution in [0.4, 0.5) is 0 Å². The molecule has 100 valence electrons. The summed E-state index contributed by atoms with van der Waals surface area (Å²) in [5, 5.41) is 10.7. The first-order valence-electron chi connectivity index (χ1n) is 6.68. The van der Waals surface area contributed by atoms with Crippen molar-refractivity contribution in [3.63, 3.8) is 0 Å². The molecule has 1 unspecified atom stereocenters. The number of nitrogens with zero attached hydrogens (tertiary/aromatic N) is 2. The third-order valence-corrected chi connectivity index (χ3v) is 3.72. The average molecular weight is 250 g/mol. The molecular formula is C13H22N4O. The Kier molecular flexibility index (Phi) is 4.01. The number of nitrogens with one attached hydrogen (secondary N) is 2. The van der Waals surface area contributed by atoms with E-state index in [0.29, 0.717) is 6.54 Å². The predicted molar refractivity (Wildman–Crippen MR) is 70.2 cm³/mol. The summed E-state index contributed by atoms with van der Waals surface area (Å²) in [7, 11) is 1.90. The number of hydrogen-bond donors (Lipinski definition) is 2. The summed E-state index contributed by atoms with van der Waals surface area (Å²) in [5.74, 6) is 0.137. The second-order valence-electron chi connectivity index (χ2n) is 4.95. The smallest absolute Gasteiger partial charge is 0.240 e. The van der Waals surface area contributed by atoms with Crippen LogP contribution in [0.2, 0.25) is 0 Å². The summed E-state index contributed by atoms with van der Waals surface area (Å²) in [4.78, 5) is 12.2. The highest BCUT2D eigenvalue weighted by atomic mass is 16.2. The van der Waals surface area contributed by atoms with Crippen LogP contribution in [0, 0.1) is 0 Å². The molecule has 18 heavy (non-hydrogen) atoms. The van der Waals surface area contributed by atoms with Gasteiger partial charge in [0.1, 0.15) is 0 Å². The van der Waals surface area contributed by atoms with E-state index in [4.69, 9.17) is 0 Å². The van der Waals surface area contributed by atoms with Gasteiger partial charge in [-0.15, -0.1) is 0 Å². The molecule has 0 bridgehead atoms. The van der Waals surface area contributed by atoms with E-state index in [1.54, 1.807) is 4.68 Å². The quantitative estimate of drug-likeness (QED) is 0.805. The Morgan fingerprint density at radius 3 is 3.06 bits per heavy atom. The van der Waals surface area contributed by atoms with Crippen LogP contribution < -0.4 is 10.6 Å². The van der Waals surface area contributed by atoms with E-state index in [0.717, 1.165) is 37.9 Å². The predicted octanol–water partition coefficient (Wildman–Crippen LogP) is 0.611. The van der Waals surface area contributed by atoms with Crippen LogP contribution in [0.3, 0.4) is 0 Å². The largest absolute Gasteiger partial charge is 0.354 e. The fourth-order valence-corrected chi connectivity index (χ4v) is 2.53. The molecule has 1 aliphatic heterocycles. The molecule has 1 aliphatic rings. The fraction of sp³-hybridized carbons (Fsp3) is 0.692. The Morgan fingerprint density at radius 2 is 2.50 bits per heavy atom. The normalized spacial score (nSPS) is 23.2. The van der Waals surface area contributed by atoms with Crippen molar-refractivity contribution < 1.29 is 4.79 Å². The first-order chi connectivity index (χ1) is 8.66. The van der Waals surface area contributed by atoms with Crippen molar-refractivity contribution in [3.8, 4) is 0 Å². The minimum atomic E-state index is -0.329. The van der Waals surface area contributed by atoms with E-state index >= 15 is 0 Å². The van der Waals surface area contributed by atoms with Gasteiger partial charge >= 0.3 is 0 Å². The van der Waals surface area contributed by atoms with E-state index < -0.39 is 0 Å². The van der Waals surface area contributed by atoms with Crippen molar-refractivity contribution in [2.45, 2.75) is 38.1 Å². The number of aryl methyl sites for hydroxylation is 1. The van der Waals surface area contributed by atoms with Crippen LogP contribution in [0.15, 0.2) is 12.3 Å². The Labute approximate surface area is 108 Å². The Morgan fingerprint density at radius 1 is 1.67 bits per heavy atom. The average Bonchev–Trinajstić information content (AvgIpc) is 2.99. The van der Waals surface area contributed by atoms with E-state index in [1.165, 1.54) is 0 Å². The lowest BCUT2D eigenvalue weighted by atomic mass is 9.93. The molecule has 1 fully saturated rings. The number of amides is 1. The second-order valence-corrected chi connectivity index (χ2v) is 4.95. The van der Waals surface area contributed by atoms with Gasteiger partial charge in [-0.1, -0.05) is 6.92 Å². The molecule has 0 saturated carbocycles. The SMILES string of the molecule is CCC1(C(=O)NCCc2ccn(C)n2)CCCN1. The minimum Gasteiger partial charge on any atom is -0.354 e. The van der Waals surface area contributed by atoms with Crippen molar-refractivity contribution in [2.24, 2.45) is 7.05 Å². The number of carbonyl (C=O) groups excluding carboxylic acids is 1. The molecule has 0 spiro atoms. The Balaban J connectivity index is 1.81. The highest BCUT2D eigenvalue weighted by Gasteiger charge is 2.38. The van der Waals surface area contributed by atoms with Gasteiger partial charge in [-0.3, -0.25) is 9.48 Å². The van der Waals surface area contributed by atoms with Crippen LogP contribution in [0.1, 0.15) is 31.9 Å². The van der Waals surface area contributed by atoms with E-state index in [-0.39, 0.29) is 11.4 Å². The molecule has 1 amide bonds. The second kappa shape index (κ2) is 5.52. The lowest BCUT2D eigenvalue weighted by Crippen LogP contribution is -2.53. The topological polar surface area (TPSA) is 59.0 Å². The van der Waals surface area contributed by atoms with E-state index in [2.05, 4.69) is 22.7 Å². The maximum absolute atomic E-state index is 12.2. The third-order valence-electron chi connectivity index (χ3n) is 3.72. The van der Waals surface area contributed by atoms with Crippen molar-refractivity contribution in [1.29, 1.82) is 0 Å². The van der Waals surface area contributed by atoms with Gasteiger partial charge in [0.15, 0.2) is 0 Å². The van der Waals surface area contributed by atoms with Gasteiger partial charge in [0, 0.05) is 26.2 Å². The minimum absolute atomic E-state index is 0.137. The van der Waals surface area contributed by atoms with Crippen molar-refractivity contribution >= 4 is 5.91 Å². The summed E-state index contributed by atoms with van der Waals surface area (Å²) in [6.45, 7) is 3.66. The van der Waals surface area contributed by atoms with Crippen molar-refractivity contribution in [2.75, 3.05) is 13.1 Å². The van der Waals surface area contributed by atoms with Gasteiger partial charge in [-0.25, -0.2) is 0 Å². The number of carbonyl (C=O) groups is 1. The molecule has 2 N–H and O–H groups in total. The van der Waals surface area contributed by atoms with E-state index in [1.807, 2.05) is 19.3 Å². The summed E-state index contributed by atoms with van der Waals surface area (Å²) in [5.41, 5.74) is 0.687. The first kappa shape index (κ1) is 13.1. The maximum atomic E-state index is 12.2. The summed E-state index contributed by atoms with van der Waals surface area (Å²) >= 11 is 0. The lowest BCUT2D eigenvalue weighted by Gasteiger charge is -2.26. The van der Waals surface area contributed by atoms with Crippen LogP contribution in [0.5, 0.6) is 0 Å². The Bertz CT molecular complexity index is 407. The molecule has 0 aromatic carbocycles. The molecule has 1 atom stereocenters. The van der Waals surface area contributed by atoms with Crippen LogP contribution in [0.25, 0.3) is 0 Å². The molecule has 0 aliphatic carbocycles. The van der Waals surface area contributed by atoms with Crippen LogP contribution in [-0.2, 0) is 18.3 Å². The molecule has 2 rings (SSSR count). The van der Waals surface area contributed by atoms with Crippen molar-refractivity contribution in [3.05, 3.63) is 18.0 Å². The molecule has 0 radical (unpaired) electrons. The standard InChI is InChI=1S/C13H22N4O/c1-3-13(7-4-8-15-13)12(18)14-9-5-11-6-10-17(2)16-11/h6,10,15H,3-5,7-9H2,1-2H3,(H,14,18). The molecule has 5 heteroatoms. The van der Waals surface area contributed by atoms with Gasteiger partial charge in [0.25, 0.3) is 0 Å². The molecule has 1 aromatic rings. The zero-order chi connectivity index (χ0) is 13.0. The number of aromatic nitrogens is 2. The van der Waals surface area contributed by atoms with Gasteiger partial charge < -0.3 is 10.6 Å². The highest BCUT2D eigenvalue weighted by Crippen LogP contribution is 2.22. The number of rotatable bonds is 5.